The van der Waals surface area contributed by atoms with E-state index in [-0.39, 0.29) is 12.1 Å². The van der Waals surface area contributed by atoms with Crippen molar-refractivity contribution in [2.45, 2.75) is 96.1 Å². The van der Waals surface area contributed by atoms with Crippen LogP contribution in [0.4, 0.5) is 0 Å². The van der Waals surface area contributed by atoms with Crippen molar-refractivity contribution >= 4 is 24.7 Å². The maximum Gasteiger partial charge on any atom is 0.333 e. The summed E-state index contributed by atoms with van der Waals surface area (Å²) in [6, 6.07) is 20.0. The third-order valence-corrected chi connectivity index (χ3v) is 12.5. The number of ether oxygens (including phenoxy) is 1. The van der Waals surface area contributed by atoms with Gasteiger partial charge in [0.25, 0.3) is 8.32 Å². The fourth-order valence-electron chi connectivity index (χ4n) is 5.51. The van der Waals surface area contributed by atoms with E-state index in [0.717, 1.165) is 42.0 Å². The first kappa shape index (κ1) is 27.4. The zero-order valence-corrected chi connectivity index (χ0v) is 23.0. The van der Waals surface area contributed by atoms with Crippen LogP contribution in [0.5, 0.6) is 0 Å². The molecule has 0 radical (unpaired) electrons. The van der Waals surface area contributed by atoms with Crippen LogP contribution in [0.15, 0.2) is 72.8 Å². The molecule has 0 bridgehead atoms. The lowest BCUT2D eigenvalue weighted by atomic mass is 9.84. The second-order valence-corrected chi connectivity index (χ2v) is 14.9. The van der Waals surface area contributed by atoms with Crippen LogP contribution in [-0.4, -0.2) is 25.2 Å². The van der Waals surface area contributed by atoms with Crippen LogP contribution in [0, 0.1) is 5.92 Å². The smallest absolute Gasteiger partial charge is 0.333 e. The van der Waals surface area contributed by atoms with Crippen molar-refractivity contribution in [3.63, 3.8) is 0 Å². The largest absolute Gasteiger partial charge is 0.459 e. The molecule has 1 aliphatic carbocycles. The SMILES string of the molecule is C=C(CCC(C)(C)[Si](O)(c1ccccc1)c1ccccc1)C(=O)OC1CCC(CCCCC)CC1. The first-order chi connectivity index (χ1) is 16.8. The van der Waals surface area contributed by atoms with Gasteiger partial charge in [-0.25, -0.2) is 4.79 Å². The fraction of sp³-hybridized carbons (Fsp3) is 0.516. The van der Waals surface area contributed by atoms with Crippen LogP contribution in [0.25, 0.3) is 0 Å². The zero-order chi connectivity index (χ0) is 25.3. The first-order valence-electron chi connectivity index (χ1n) is 13.5. The maximum atomic E-state index is 12.8. The summed E-state index contributed by atoms with van der Waals surface area (Å²) in [6.07, 6.45) is 10.7. The summed E-state index contributed by atoms with van der Waals surface area (Å²) >= 11 is 0. The molecule has 1 fully saturated rings. The molecule has 1 aliphatic rings. The van der Waals surface area contributed by atoms with Gasteiger partial charge in [0.2, 0.25) is 0 Å². The van der Waals surface area contributed by atoms with Crippen molar-refractivity contribution in [2.24, 2.45) is 5.92 Å². The van der Waals surface area contributed by atoms with Gasteiger partial charge in [0, 0.05) is 5.57 Å². The summed E-state index contributed by atoms with van der Waals surface area (Å²) in [5, 5.41) is 1.57. The van der Waals surface area contributed by atoms with Gasteiger partial charge in [0.1, 0.15) is 6.10 Å². The van der Waals surface area contributed by atoms with E-state index in [1.54, 1.807) is 0 Å². The van der Waals surface area contributed by atoms with Crippen LogP contribution < -0.4 is 10.4 Å². The van der Waals surface area contributed by atoms with Gasteiger partial charge < -0.3 is 9.53 Å². The molecular formula is C31H44O3Si. The molecule has 1 N–H and O–H groups in total. The third kappa shape index (κ3) is 6.95. The highest BCUT2D eigenvalue weighted by atomic mass is 28.4. The van der Waals surface area contributed by atoms with Crippen molar-refractivity contribution < 1.29 is 14.3 Å². The summed E-state index contributed by atoms with van der Waals surface area (Å²) in [6.45, 7) is 10.6. The van der Waals surface area contributed by atoms with E-state index < -0.39 is 13.4 Å². The molecule has 2 aromatic rings. The normalized spacial score (nSPS) is 18.7. The number of esters is 1. The molecule has 0 heterocycles. The van der Waals surface area contributed by atoms with Gasteiger partial charge in [-0.2, -0.15) is 0 Å². The van der Waals surface area contributed by atoms with Crippen LogP contribution in [-0.2, 0) is 9.53 Å². The van der Waals surface area contributed by atoms with Gasteiger partial charge >= 0.3 is 5.97 Å². The van der Waals surface area contributed by atoms with Crippen molar-refractivity contribution in [3.05, 3.63) is 72.8 Å². The highest BCUT2D eigenvalue weighted by Gasteiger charge is 2.49. The maximum absolute atomic E-state index is 12.8. The van der Waals surface area contributed by atoms with Crippen molar-refractivity contribution in [1.82, 2.24) is 0 Å². The van der Waals surface area contributed by atoms with Gasteiger partial charge in [0.05, 0.1) is 0 Å². The average molecular weight is 493 g/mol. The minimum atomic E-state index is -3.09. The Morgan fingerprint density at radius 3 is 2.03 bits per heavy atom. The molecule has 1 saturated carbocycles. The Kier molecular flexibility index (Phi) is 9.94. The standard InChI is InChI=1S/C31H44O3Si/c1-5-6-9-14-26-19-21-27(22-20-26)34-30(32)25(2)23-24-31(3,4)35(33,28-15-10-7-11-16-28)29-17-12-8-13-18-29/h7-8,10-13,15-18,26-27,33H,2,5-6,9,14,19-24H2,1,3-4H3. The Balaban J connectivity index is 1.59. The molecule has 0 aromatic heterocycles. The summed E-state index contributed by atoms with van der Waals surface area (Å²) in [5.41, 5.74) is 0.514. The molecule has 2 aromatic carbocycles. The van der Waals surface area contributed by atoms with Gasteiger partial charge in [-0.05, 0) is 59.9 Å². The minimum Gasteiger partial charge on any atom is -0.459 e. The Morgan fingerprint density at radius 1 is 0.971 bits per heavy atom. The zero-order valence-electron chi connectivity index (χ0n) is 22.0. The summed E-state index contributed by atoms with van der Waals surface area (Å²) in [5.74, 6) is 0.527. The summed E-state index contributed by atoms with van der Waals surface area (Å²) < 4.78 is 5.86. The molecule has 3 nitrogen and oxygen atoms in total. The predicted molar refractivity (Wildman–Crippen MR) is 149 cm³/mol. The van der Waals surface area contributed by atoms with E-state index in [4.69, 9.17) is 4.74 Å². The van der Waals surface area contributed by atoms with E-state index in [2.05, 4.69) is 27.4 Å². The molecular weight excluding hydrogens is 448 g/mol. The Labute approximate surface area is 213 Å². The monoisotopic (exact) mass is 492 g/mol. The lowest BCUT2D eigenvalue weighted by Crippen LogP contribution is -2.65. The molecule has 0 saturated heterocycles. The van der Waals surface area contributed by atoms with Gasteiger partial charge in [-0.3, -0.25) is 0 Å². The molecule has 0 spiro atoms. The van der Waals surface area contributed by atoms with Crippen molar-refractivity contribution in [2.75, 3.05) is 0 Å². The fourth-order valence-corrected chi connectivity index (χ4v) is 9.24. The Bertz CT molecular complexity index is 891. The quantitative estimate of drug-likeness (QED) is 0.158. The van der Waals surface area contributed by atoms with Crippen LogP contribution >= 0.6 is 0 Å². The van der Waals surface area contributed by atoms with Gasteiger partial charge in [-0.1, -0.05) is 114 Å². The summed E-state index contributed by atoms with van der Waals surface area (Å²) in [4.78, 5) is 25.1. The first-order valence-corrected chi connectivity index (χ1v) is 15.4. The van der Waals surface area contributed by atoms with Crippen molar-refractivity contribution in [1.29, 1.82) is 0 Å². The number of hydrogen-bond donors (Lipinski definition) is 1. The van der Waals surface area contributed by atoms with Crippen molar-refractivity contribution in [3.8, 4) is 0 Å². The Morgan fingerprint density at radius 2 is 1.51 bits per heavy atom. The molecule has 190 valence electrons. The van der Waals surface area contributed by atoms with Crippen LogP contribution in [0.2, 0.25) is 5.04 Å². The molecule has 0 unspecified atom stereocenters. The molecule has 0 aliphatic heterocycles. The van der Waals surface area contributed by atoms with Crippen LogP contribution in [0.1, 0.15) is 85.0 Å². The number of carbonyl (C=O) groups excluding carboxylic acids is 1. The van der Waals surface area contributed by atoms with E-state index in [0.29, 0.717) is 18.4 Å². The minimum absolute atomic E-state index is 0.0228. The molecule has 0 atom stereocenters. The number of hydrogen-bond acceptors (Lipinski definition) is 3. The topological polar surface area (TPSA) is 46.5 Å². The third-order valence-electron chi connectivity index (χ3n) is 7.99. The van der Waals surface area contributed by atoms with Gasteiger partial charge in [0.15, 0.2) is 0 Å². The molecule has 35 heavy (non-hydrogen) atoms. The van der Waals surface area contributed by atoms with E-state index in [1.807, 2.05) is 60.7 Å². The Hall–Kier alpha value is -2.17. The summed E-state index contributed by atoms with van der Waals surface area (Å²) in [7, 11) is -3.09. The van der Waals surface area contributed by atoms with Gasteiger partial charge in [-0.15, -0.1) is 0 Å². The van der Waals surface area contributed by atoms with E-state index in [1.165, 1.54) is 25.7 Å². The number of unbranched alkanes of at least 4 members (excludes halogenated alkanes) is 2. The number of rotatable bonds is 12. The van der Waals surface area contributed by atoms with Crippen LogP contribution in [0.3, 0.4) is 0 Å². The average Bonchev–Trinajstić information content (AvgIpc) is 2.89. The second-order valence-electron chi connectivity index (χ2n) is 11.0. The highest BCUT2D eigenvalue weighted by Crippen LogP contribution is 2.41. The highest BCUT2D eigenvalue weighted by molar-refractivity contribution is 6.98. The second kappa shape index (κ2) is 12.7. The lowest BCUT2D eigenvalue weighted by molar-refractivity contribution is -0.146. The molecule has 4 heteroatoms. The predicted octanol–water partition coefficient (Wildman–Crippen LogP) is 6.54. The molecule has 3 rings (SSSR count). The van der Waals surface area contributed by atoms with E-state index in [9.17, 15) is 9.59 Å². The molecule has 0 amide bonds. The lowest BCUT2D eigenvalue weighted by Gasteiger charge is -2.41. The number of benzene rings is 2. The van der Waals surface area contributed by atoms with E-state index >= 15 is 0 Å². The number of carbonyl (C=O) groups is 1.